The molecule has 1 rings (SSSR count). The molecule has 0 saturated heterocycles. The maximum Gasteiger partial charge on any atom is 0.0657 e. The summed E-state index contributed by atoms with van der Waals surface area (Å²) in [6.45, 7) is 5.98. The summed E-state index contributed by atoms with van der Waals surface area (Å²) in [6.07, 6.45) is 1.54. The van der Waals surface area contributed by atoms with E-state index in [9.17, 15) is 5.11 Å². The number of benzene rings is 1. The van der Waals surface area contributed by atoms with Crippen molar-refractivity contribution in [2.24, 2.45) is 0 Å². The molecule has 1 nitrogen and oxygen atoms in total. The lowest BCUT2D eigenvalue weighted by molar-refractivity contribution is 0.0563. The standard InChI is InChI=1S/C12H18O/c1-4-12(3,13)9-11-8-6-5-7-10(11)2/h5-8,13H,4,9H2,1-3H3. The van der Waals surface area contributed by atoms with Crippen molar-refractivity contribution in [2.45, 2.75) is 39.2 Å². The SMILES string of the molecule is CCC(C)(O)Cc1ccccc1C. The predicted octanol–water partition coefficient (Wildman–Crippen LogP) is 2.70. The average molecular weight is 178 g/mol. The van der Waals surface area contributed by atoms with Gasteiger partial charge >= 0.3 is 0 Å². The minimum absolute atomic E-state index is 0.563. The second kappa shape index (κ2) is 3.93. The maximum atomic E-state index is 9.90. The van der Waals surface area contributed by atoms with Crippen molar-refractivity contribution in [2.75, 3.05) is 0 Å². The molecule has 0 bridgehead atoms. The highest BCUT2D eigenvalue weighted by atomic mass is 16.3. The molecule has 0 aromatic heterocycles. The van der Waals surface area contributed by atoms with Gasteiger partial charge in [-0.1, -0.05) is 31.2 Å². The van der Waals surface area contributed by atoms with Crippen LogP contribution in [0.25, 0.3) is 0 Å². The molecular weight excluding hydrogens is 160 g/mol. The first-order chi connectivity index (χ1) is 6.05. The Morgan fingerprint density at radius 3 is 2.46 bits per heavy atom. The summed E-state index contributed by atoms with van der Waals surface area (Å²) in [7, 11) is 0. The van der Waals surface area contributed by atoms with Crippen LogP contribution in [-0.2, 0) is 6.42 Å². The molecule has 0 radical (unpaired) electrons. The molecule has 0 amide bonds. The summed E-state index contributed by atoms with van der Waals surface area (Å²) < 4.78 is 0. The molecule has 1 N–H and O–H groups in total. The minimum atomic E-state index is -0.563. The molecule has 1 atom stereocenters. The summed E-state index contributed by atoms with van der Waals surface area (Å²) >= 11 is 0. The Morgan fingerprint density at radius 2 is 1.92 bits per heavy atom. The van der Waals surface area contributed by atoms with Gasteiger partial charge in [-0.3, -0.25) is 0 Å². The molecule has 1 unspecified atom stereocenters. The van der Waals surface area contributed by atoms with Gasteiger partial charge in [0.05, 0.1) is 5.60 Å². The van der Waals surface area contributed by atoms with Crippen LogP contribution in [0.2, 0.25) is 0 Å². The van der Waals surface area contributed by atoms with Crippen LogP contribution in [0.15, 0.2) is 24.3 Å². The van der Waals surface area contributed by atoms with Gasteiger partial charge in [0.15, 0.2) is 0 Å². The lowest BCUT2D eigenvalue weighted by Gasteiger charge is -2.22. The summed E-state index contributed by atoms with van der Waals surface area (Å²) in [5.41, 5.74) is 1.94. The third kappa shape index (κ3) is 2.85. The Bertz CT molecular complexity index is 276. The number of aryl methyl sites for hydroxylation is 1. The van der Waals surface area contributed by atoms with Gasteiger partial charge < -0.3 is 5.11 Å². The molecule has 0 aliphatic heterocycles. The highest BCUT2D eigenvalue weighted by Crippen LogP contribution is 2.18. The van der Waals surface area contributed by atoms with Gasteiger partial charge in [-0.15, -0.1) is 0 Å². The monoisotopic (exact) mass is 178 g/mol. The van der Waals surface area contributed by atoms with Gasteiger partial charge in [0.1, 0.15) is 0 Å². The van der Waals surface area contributed by atoms with E-state index in [2.05, 4.69) is 19.1 Å². The van der Waals surface area contributed by atoms with Crippen LogP contribution in [0.4, 0.5) is 0 Å². The lowest BCUT2D eigenvalue weighted by Crippen LogP contribution is -2.26. The third-order valence-corrected chi connectivity index (χ3v) is 2.59. The van der Waals surface area contributed by atoms with Gasteiger partial charge in [0, 0.05) is 6.42 Å². The van der Waals surface area contributed by atoms with Crippen molar-refractivity contribution >= 4 is 0 Å². The Hall–Kier alpha value is -0.820. The molecule has 1 aromatic rings. The smallest absolute Gasteiger partial charge is 0.0657 e. The van der Waals surface area contributed by atoms with Crippen molar-refractivity contribution in [1.82, 2.24) is 0 Å². The molecule has 0 aliphatic carbocycles. The molecule has 0 saturated carbocycles. The van der Waals surface area contributed by atoms with E-state index < -0.39 is 5.60 Å². The van der Waals surface area contributed by atoms with Crippen LogP contribution in [-0.4, -0.2) is 10.7 Å². The zero-order chi connectivity index (χ0) is 9.90. The highest BCUT2D eigenvalue weighted by Gasteiger charge is 2.18. The van der Waals surface area contributed by atoms with Crippen molar-refractivity contribution in [3.05, 3.63) is 35.4 Å². The molecule has 0 heterocycles. The summed E-state index contributed by atoms with van der Waals surface area (Å²) in [4.78, 5) is 0. The van der Waals surface area contributed by atoms with E-state index in [1.54, 1.807) is 0 Å². The van der Waals surface area contributed by atoms with Crippen LogP contribution in [0.5, 0.6) is 0 Å². The van der Waals surface area contributed by atoms with E-state index in [0.717, 1.165) is 12.8 Å². The fraction of sp³-hybridized carbons (Fsp3) is 0.500. The molecule has 0 fully saturated rings. The van der Waals surface area contributed by atoms with E-state index in [0.29, 0.717) is 0 Å². The number of hydrogen-bond acceptors (Lipinski definition) is 1. The fourth-order valence-electron chi connectivity index (χ4n) is 1.34. The Morgan fingerprint density at radius 1 is 1.31 bits per heavy atom. The van der Waals surface area contributed by atoms with Gasteiger partial charge in [-0.05, 0) is 31.4 Å². The topological polar surface area (TPSA) is 20.2 Å². The van der Waals surface area contributed by atoms with E-state index in [1.165, 1.54) is 11.1 Å². The average Bonchev–Trinajstić information content (AvgIpc) is 2.09. The number of aliphatic hydroxyl groups is 1. The van der Waals surface area contributed by atoms with Crippen molar-refractivity contribution in [3.63, 3.8) is 0 Å². The van der Waals surface area contributed by atoms with Crippen LogP contribution >= 0.6 is 0 Å². The molecule has 72 valence electrons. The van der Waals surface area contributed by atoms with Gasteiger partial charge in [-0.25, -0.2) is 0 Å². The fourth-order valence-corrected chi connectivity index (χ4v) is 1.34. The van der Waals surface area contributed by atoms with E-state index in [1.807, 2.05) is 26.0 Å². The van der Waals surface area contributed by atoms with E-state index in [-0.39, 0.29) is 0 Å². The summed E-state index contributed by atoms with van der Waals surface area (Å²) in [5.74, 6) is 0. The minimum Gasteiger partial charge on any atom is -0.390 e. The van der Waals surface area contributed by atoms with Crippen molar-refractivity contribution in [3.8, 4) is 0 Å². The van der Waals surface area contributed by atoms with Crippen molar-refractivity contribution in [1.29, 1.82) is 0 Å². The lowest BCUT2D eigenvalue weighted by atomic mass is 9.92. The predicted molar refractivity (Wildman–Crippen MR) is 55.8 cm³/mol. The first kappa shape index (κ1) is 10.3. The number of hydrogen-bond donors (Lipinski definition) is 1. The van der Waals surface area contributed by atoms with E-state index >= 15 is 0 Å². The molecule has 0 spiro atoms. The van der Waals surface area contributed by atoms with Gasteiger partial charge in [0.2, 0.25) is 0 Å². The quantitative estimate of drug-likeness (QED) is 0.754. The zero-order valence-electron chi connectivity index (χ0n) is 8.67. The van der Waals surface area contributed by atoms with Crippen LogP contribution in [0.1, 0.15) is 31.4 Å². The Kier molecular flexibility index (Phi) is 3.10. The summed E-state index contributed by atoms with van der Waals surface area (Å²) in [5, 5.41) is 9.90. The molecular formula is C12H18O. The summed E-state index contributed by atoms with van der Waals surface area (Å²) in [6, 6.07) is 8.22. The maximum absolute atomic E-state index is 9.90. The largest absolute Gasteiger partial charge is 0.390 e. The molecule has 1 aromatic carbocycles. The first-order valence-electron chi connectivity index (χ1n) is 4.82. The van der Waals surface area contributed by atoms with Gasteiger partial charge in [-0.2, -0.15) is 0 Å². The number of rotatable bonds is 3. The Balaban J connectivity index is 2.80. The van der Waals surface area contributed by atoms with E-state index in [4.69, 9.17) is 0 Å². The van der Waals surface area contributed by atoms with Crippen LogP contribution in [0, 0.1) is 6.92 Å². The second-order valence-electron chi connectivity index (χ2n) is 3.95. The normalized spacial score (nSPS) is 15.4. The van der Waals surface area contributed by atoms with Crippen molar-refractivity contribution < 1.29 is 5.11 Å². The molecule has 0 aliphatic rings. The Labute approximate surface area is 80.4 Å². The zero-order valence-corrected chi connectivity index (χ0v) is 8.67. The highest BCUT2D eigenvalue weighted by molar-refractivity contribution is 5.26. The molecule has 1 heteroatoms. The first-order valence-corrected chi connectivity index (χ1v) is 4.82. The second-order valence-corrected chi connectivity index (χ2v) is 3.95. The van der Waals surface area contributed by atoms with Crippen LogP contribution < -0.4 is 0 Å². The van der Waals surface area contributed by atoms with Gasteiger partial charge in [0.25, 0.3) is 0 Å². The third-order valence-electron chi connectivity index (χ3n) is 2.59. The van der Waals surface area contributed by atoms with Crippen LogP contribution in [0.3, 0.4) is 0 Å². The molecule has 13 heavy (non-hydrogen) atoms.